The number of nitrogens with two attached hydrogens (primary N) is 1. The highest BCUT2D eigenvalue weighted by Crippen LogP contribution is 2.28. The van der Waals surface area contributed by atoms with Crippen LogP contribution in [0, 0.1) is 13.8 Å². The first kappa shape index (κ1) is 12.9. The van der Waals surface area contributed by atoms with E-state index in [1.807, 2.05) is 0 Å². The molecule has 0 fully saturated rings. The Kier molecular flexibility index (Phi) is 3.37. The second kappa shape index (κ2) is 4.97. The molecule has 1 amide bonds. The second-order valence-electron chi connectivity index (χ2n) is 4.30. The monoisotopic (exact) mass is 257 g/mol. The van der Waals surface area contributed by atoms with Gasteiger partial charge in [-0.2, -0.15) is 0 Å². The van der Waals surface area contributed by atoms with Gasteiger partial charge < -0.3 is 16.2 Å². The number of aromatic nitrogens is 1. The third-order valence-electron chi connectivity index (χ3n) is 2.93. The number of hydrogen-bond acceptors (Lipinski definition) is 4. The molecule has 0 spiro atoms. The number of phenols is 1. The summed E-state index contributed by atoms with van der Waals surface area (Å²) in [6.07, 6.45) is 1.50. The summed E-state index contributed by atoms with van der Waals surface area (Å²) in [4.78, 5) is 16.0. The Morgan fingerprint density at radius 2 is 2.05 bits per heavy atom. The van der Waals surface area contributed by atoms with Gasteiger partial charge in [0.25, 0.3) is 5.91 Å². The van der Waals surface area contributed by atoms with E-state index < -0.39 is 5.91 Å². The fourth-order valence-electron chi connectivity index (χ4n) is 1.76. The summed E-state index contributed by atoms with van der Waals surface area (Å²) in [5, 5.41) is 12.5. The molecule has 1 aromatic heterocycles. The van der Waals surface area contributed by atoms with Crippen LogP contribution < -0.4 is 11.1 Å². The molecule has 1 heterocycles. The average Bonchev–Trinajstić information content (AvgIpc) is 2.40. The predicted molar refractivity (Wildman–Crippen MR) is 74.2 cm³/mol. The number of hydrogen-bond donors (Lipinski definition) is 3. The summed E-state index contributed by atoms with van der Waals surface area (Å²) in [6.45, 7) is 3.53. The van der Waals surface area contributed by atoms with Crippen molar-refractivity contribution in [2.24, 2.45) is 0 Å². The van der Waals surface area contributed by atoms with Crippen LogP contribution in [0.15, 0.2) is 30.5 Å². The summed E-state index contributed by atoms with van der Waals surface area (Å²) >= 11 is 0. The number of carbonyl (C=O) groups is 1. The van der Waals surface area contributed by atoms with Crippen molar-refractivity contribution in [1.82, 2.24) is 4.98 Å². The standard InChI is InChI=1S/C14H15N3O2/c1-8-5-6-11(9(2)13(8)18)17-14(19)12-10(15)4-3-7-16-12/h3-7,18H,15H2,1-2H3,(H,17,19). The summed E-state index contributed by atoms with van der Waals surface area (Å²) in [5.41, 5.74) is 8.09. The Balaban J connectivity index is 2.30. The summed E-state index contributed by atoms with van der Waals surface area (Å²) in [6, 6.07) is 6.75. The molecule has 19 heavy (non-hydrogen) atoms. The molecule has 0 unspecified atom stereocenters. The van der Waals surface area contributed by atoms with E-state index in [0.717, 1.165) is 5.56 Å². The maximum atomic E-state index is 12.0. The van der Waals surface area contributed by atoms with Gasteiger partial charge in [0.2, 0.25) is 0 Å². The van der Waals surface area contributed by atoms with Gasteiger partial charge in [0.05, 0.1) is 5.69 Å². The van der Waals surface area contributed by atoms with Gasteiger partial charge in [-0.25, -0.2) is 4.98 Å². The first-order valence-corrected chi connectivity index (χ1v) is 5.81. The van der Waals surface area contributed by atoms with E-state index >= 15 is 0 Å². The molecule has 0 aliphatic heterocycles. The van der Waals surface area contributed by atoms with Crippen LogP contribution in [-0.2, 0) is 0 Å². The number of pyridine rings is 1. The van der Waals surface area contributed by atoms with Gasteiger partial charge in [-0.3, -0.25) is 4.79 Å². The molecule has 0 aliphatic carbocycles. The quantitative estimate of drug-likeness (QED) is 0.769. The Morgan fingerprint density at radius 1 is 1.32 bits per heavy atom. The summed E-state index contributed by atoms with van der Waals surface area (Å²) in [7, 11) is 0. The Labute approximate surface area is 111 Å². The lowest BCUT2D eigenvalue weighted by molar-refractivity contribution is 0.102. The molecule has 5 nitrogen and oxygen atoms in total. The highest BCUT2D eigenvalue weighted by atomic mass is 16.3. The van der Waals surface area contributed by atoms with Gasteiger partial charge in [0, 0.05) is 17.4 Å². The average molecular weight is 257 g/mol. The third-order valence-corrected chi connectivity index (χ3v) is 2.93. The van der Waals surface area contributed by atoms with Gasteiger partial charge >= 0.3 is 0 Å². The number of nitrogens with one attached hydrogen (secondary N) is 1. The lowest BCUT2D eigenvalue weighted by atomic mass is 10.1. The maximum Gasteiger partial charge on any atom is 0.276 e. The third kappa shape index (κ3) is 2.49. The molecule has 2 rings (SSSR count). The van der Waals surface area contributed by atoms with Crippen LogP contribution in [-0.4, -0.2) is 16.0 Å². The van der Waals surface area contributed by atoms with Crippen molar-refractivity contribution in [3.8, 4) is 5.75 Å². The summed E-state index contributed by atoms with van der Waals surface area (Å²) < 4.78 is 0. The van der Waals surface area contributed by atoms with Crippen LogP contribution >= 0.6 is 0 Å². The zero-order valence-corrected chi connectivity index (χ0v) is 10.8. The molecule has 0 saturated carbocycles. The molecule has 2 aromatic rings. The van der Waals surface area contributed by atoms with E-state index in [0.29, 0.717) is 16.9 Å². The lowest BCUT2D eigenvalue weighted by Crippen LogP contribution is -2.16. The van der Waals surface area contributed by atoms with Crippen LogP contribution in [0.4, 0.5) is 11.4 Å². The molecule has 0 bridgehead atoms. The molecule has 4 N–H and O–H groups in total. The first-order valence-electron chi connectivity index (χ1n) is 5.81. The van der Waals surface area contributed by atoms with Crippen LogP contribution in [0.2, 0.25) is 0 Å². The number of benzene rings is 1. The van der Waals surface area contributed by atoms with Crippen molar-refractivity contribution in [2.75, 3.05) is 11.1 Å². The van der Waals surface area contributed by atoms with Gasteiger partial charge in [0.1, 0.15) is 5.75 Å². The number of rotatable bonds is 2. The van der Waals surface area contributed by atoms with E-state index in [1.54, 1.807) is 38.1 Å². The molecule has 98 valence electrons. The van der Waals surface area contributed by atoms with Gasteiger partial charge in [-0.05, 0) is 37.6 Å². The van der Waals surface area contributed by atoms with Crippen molar-refractivity contribution in [2.45, 2.75) is 13.8 Å². The van der Waals surface area contributed by atoms with Crippen molar-refractivity contribution < 1.29 is 9.90 Å². The van der Waals surface area contributed by atoms with Crippen molar-refractivity contribution >= 4 is 17.3 Å². The number of aromatic hydroxyl groups is 1. The number of carbonyl (C=O) groups excluding carboxylic acids is 1. The lowest BCUT2D eigenvalue weighted by Gasteiger charge is -2.11. The van der Waals surface area contributed by atoms with Crippen LogP contribution in [0.25, 0.3) is 0 Å². The molecule has 1 aromatic carbocycles. The molecular formula is C14H15N3O2. The number of anilines is 2. The largest absolute Gasteiger partial charge is 0.507 e. The fourth-order valence-corrected chi connectivity index (χ4v) is 1.76. The molecule has 0 aliphatic rings. The number of nitrogens with zero attached hydrogens (tertiary/aromatic N) is 1. The van der Waals surface area contributed by atoms with Crippen LogP contribution in [0.3, 0.4) is 0 Å². The second-order valence-corrected chi connectivity index (χ2v) is 4.30. The molecule has 0 atom stereocenters. The van der Waals surface area contributed by atoms with Crippen molar-refractivity contribution in [1.29, 1.82) is 0 Å². The molecular weight excluding hydrogens is 242 g/mol. The van der Waals surface area contributed by atoms with E-state index in [4.69, 9.17) is 5.73 Å². The zero-order valence-electron chi connectivity index (χ0n) is 10.8. The number of amides is 1. The van der Waals surface area contributed by atoms with Gasteiger partial charge in [0.15, 0.2) is 5.69 Å². The molecule has 0 radical (unpaired) electrons. The Hall–Kier alpha value is -2.56. The van der Waals surface area contributed by atoms with E-state index in [2.05, 4.69) is 10.3 Å². The van der Waals surface area contributed by atoms with Gasteiger partial charge in [-0.1, -0.05) is 6.07 Å². The molecule has 0 saturated heterocycles. The van der Waals surface area contributed by atoms with E-state index in [-0.39, 0.29) is 11.4 Å². The Morgan fingerprint density at radius 3 is 2.74 bits per heavy atom. The predicted octanol–water partition coefficient (Wildman–Crippen LogP) is 2.24. The smallest absolute Gasteiger partial charge is 0.276 e. The van der Waals surface area contributed by atoms with Crippen molar-refractivity contribution in [3.05, 3.63) is 47.3 Å². The Bertz CT molecular complexity index is 639. The maximum absolute atomic E-state index is 12.0. The minimum absolute atomic E-state index is 0.168. The topological polar surface area (TPSA) is 88.2 Å². The van der Waals surface area contributed by atoms with E-state index in [1.165, 1.54) is 6.20 Å². The minimum Gasteiger partial charge on any atom is -0.507 e. The SMILES string of the molecule is Cc1ccc(NC(=O)c2ncccc2N)c(C)c1O. The van der Waals surface area contributed by atoms with Gasteiger partial charge in [-0.15, -0.1) is 0 Å². The van der Waals surface area contributed by atoms with Crippen LogP contribution in [0.5, 0.6) is 5.75 Å². The highest BCUT2D eigenvalue weighted by Gasteiger charge is 2.13. The van der Waals surface area contributed by atoms with E-state index in [9.17, 15) is 9.90 Å². The normalized spacial score (nSPS) is 10.2. The van der Waals surface area contributed by atoms with Crippen LogP contribution in [0.1, 0.15) is 21.6 Å². The fraction of sp³-hybridized carbons (Fsp3) is 0.143. The highest BCUT2D eigenvalue weighted by molar-refractivity contribution is 6.06. The first-order chi connectivity index (χ1) is 9.00. The molecule has 5 heteroatoms. The number of nitrogen functional groups attached to an aromatic ring is 1. The summed E-state index contributed by atoms with van der Waals surface area (Å²) in [5.74, 6) is -0.226. The minimum atomic E-state index is -0.399. The number of aryl methyl sites for hydroxylation is 1. The zero-order chi connectivity index (χ0) is 14.0. The van der Waals surface area contributed by atoms with Crippen molar-refractivity contribution in [3.63, 3.8) is 0 Å². The number of phenolic OH excluding ortho intramolecular Hbond substituents is 1.